The van der Waals surface area contributed by atoms with E-state index < -0.39 is 10.8 Å². The van der Waals surface area contributed by atoms with E-state index in [9.17, 15) is 4.21 Å². The van der Waals surface area contributed by atoms with E-state index in [1.807, 2.05) is 13.8 Å². The lowest BCUT2D eigenvalue weighted by molar-refractivity contribution is 0.127. The van der Waals surface area contributed by atoms with Crippen molar-refractivity contribution in [3.63, 3.8) is 0 Å². The Bertz CT molecular complexity index is 153. The topological polar surface area (TPSA) is 38.3 Å². The Balaban J connectivity index is 3.45. The van der Waals surface area contributed by atoms with Crippen molar-refractivity contribution in [1.82, 2.24) is 5.32 Å². The second kappa shape index (κ2) is 7.47. The standard InChI is InChI=1S/C9H21NO2S/c1-5-12-7-8(2)10-6-9(3)13(4)11/h8-10H,5-7H2,1-4H3. The van der Waals surface area contributed by atoms with Gasteiger partial charge in [0.1, 0.15) is 0 Å². The van der Waals surface area contributed by atoms with Crippen LogP contribution < -0.4 is 5.32 Å². The number of ether oxygens (including phenoxy) is 1. The summed E-state index contributed by atoms with van der Waals surface area (Å²) in [5.74, 6) is 0. The summed E-state index contributed by atoms with van der Waals surface area (Å²) < 4.78 is 16.3. The molecule has 0 aliphatic rings. The van der Waals surface area contributed by atoms with Crippen LogP contribution in [0.1, 0.15) is 20.8 Å². The van der Waals surface area contributed by atoms with Crippen LogP contribution in [0, 0.1) is 0 Å². The van der Waals surface area contributed by atoms with Gasteiger partial charge in [0, 0.05) is 41.5 Å². The molecule has 3 nitrogen and oxygen atoms in total. The summed E-state index contributed by atoms with van der Waals surface area (Å²) in [6.07, 6.45) is 1.74. The van der Waals surface area contributed by atoms with Crippen molar-refractivity contribution in [2.75, 3.05) is 26.0 Å². The zero-order valence-corrected chi connectivity index (χ0v) is 9.82. The summed E-state index contributed by atoms with van der Waals surface area (Å²) in [4.78, 5) is 0. The molecule has 13 heavy (non-hydrogen) atoms. The van der Waals surface area contributed by atoms with Crippen LogP contribution in [0.3, 0.4) is 0 Å². The Morgan fingerprint density at radius 3 is 2.54 bits per heavy atom. The fraction of sp³-hybridized carbons (Fsp3) is 1.00. The molecule has 4 heteroatoms. The van der Waals surface area contributed by atoms with Gasteiger partial charge in [-0.05, 0) is 20.8 Å². The summed E-state index contributed by atoms with van der Waals surface area (Å²) >= 11 is 0. The molecule has 1 N–H and O–H groups in total. The minimum Gasteiger partial charge on any atom is -0.380 e. The number of nitrogens with one attached hydrogen (secondary N) is 1. The average Bonchev–Trinajstić information content (AvgIpc) is 2.10. The lowest BCUT2D eigenvalue weighted by Crippen LogP contribution is -2.36. The molecule has 0 heterocycles. The van der Waals surface area contributed by atoms with E-state index in [1.165, 1.54) is 0 Å². The van der Waals surface area contributed by atoms with Gasteiger partial charge in [-0.1, -0.05) is 0 Å². The number of hydrogen-bond donors (Lipinski definition) is 1. The normalized spacial score (nSPS) is 18.2. The third-order valence-corrected chi connectivity index (χ3v) is 3.19. The predicted octanol–water partition coefficient (Wildman–Crippen LogP) is 0.768. The summed E-state index contributed by atoms with van der Waals surface area (Å²) in [6, 6.07) is 0.339. The van der Waals surface area contributed by atoms with Crippen LogP contribution in [0.15, 0.2) is 0 Å². The first kappa shape index (κ1) is 13.1. The third kappa shape index (κ3) is 7.16. The van der Waals surface area contributed by atoms with Gasteiger partial charge >= 0.3 is 0 Å². The molecule has 3 atom stereocenters. The van der Waals surface area contributed by atoms with Gasteiger partial charge in [-0.3, -0.25) is 4.21 Å². The summed E-state index contributed by atoms with van der Waals surface area (Å²) in [5, 5.41) is 3.49. The van der Waals surface area contributed by atoms with Gasteiger partial charge in [-0.15, -0.1) is 0 Å². The molecule has 0 radical (unpaired) electrons. The first-order chi connectivity index (χ1) is 6.07. The Morgan fingerprint density at radius 2 is 2.08 bits per heavy atom. The van der Waals surface area contributed by atoms with Crippen molar-refractivity contribution in [2.24, 2.45) is 0 Å². The van der Waals surface area contributed by atoms with Crippen molar-refractivity contribution in [1.29, 1.82) is 0 Å². The Kier molecular flexibility index (Phi) is 7.51. The van der Waals surface area contributed by atoms with Crippen LogP contribution in [0.4, 0.5) is 0 Å². The van der Waals surface area contributed by atoms with Gasteiger partial charge in [0.05, 0.1) is 6.61 Å². The van der Waals surface area contributed by atoms with Crippen LogP contribution >= 0.6 is 0 Å². The van der Waals surface area contributed by atoms with Crippen molar-refractivity contribution in [2.45, 2.75) is 32.1 Å². The molecule has 0 bridgehead atoms. The highest BCUT2D eigenvalue weighted by Crippen LogP contribution is 1.91. The largest absolute Gasteiger partial charge is 0.380 e. The summed E-state index contributed by atoms with van der Waals surface area (Å²) in [7, 11) is -0.736. The van der Waals surface area contributed by atoms with E-state index in [4.69, 9.17) is 4.74 Å². The van der Waals surface area contributed by atoms with E-state index in [1.54, 1.807) is 6.26 Å². The molecule has 0 aromatic carbocycles. The third-order valence-electron chi connectivity index (χ3n) is 1.89. The highest BCUT2D eigenvalue weighted by molar-refractivity contribution is 7.84. The van der Waals surface area contributed by atoms with Gasteiger partial charge in [0.25, 0.3) is 0 Å². The maximum absolute atomic E-state index is 11.0. The van der Waals surface area contributed by atoms with E-state index >= 15 is 0 Å². The lowest BCUT2D eigenvalue weighted by Gasteiger charge is -2.16. The minimum atomic E-state index is -0.736. The Labute approximate surface area is 83.7 Å². The van der Waals surface area contributed by atoms with Crippen LogP contribution in [0.5, 0.6) is 0 Å². The van der Waals surface area contributed by atoms with Crippen molar-refractivity contribution >= 4 is 10.8 Å². The molecule has 0 saturated carbocycles. The molecular formula is C9H21NO2S. The smallest absolute Gasteiger partial charge is 0.0616 e. The van der Waals surface area contributed by atoms with Gasteiger partial charge in [-0.25, -0.2) is 0 Å². The number of hydrogen-bond acceptors (Lipinski definition) is 3. The molecule has 0 aliphatic heterocycles. The molecule has 0 rings (SSSR count). The van der Waals surface area contributed by atoms with E-state index in [0.717, 1.165) is 19.8 Å². The average molecular weight is 207 g/mol. The van der Waals surface area contributed by atoms with Crippen LogP contribution in [0.2, 0.25) is 0 Å². The first-order valence-electron chi connectivity index (χ1n) is 4.71. The Morgan fingerprint density at radius 1 is 1.46 bits per heavy atom. The van der Waals surface area contributed by atoms with Gasteiger partial charge in [0.15, 0.2) is 0 Å². The maximum atomic E-state index is 11.0. The van der Waals surface area contributed by atoms with E-state index in [0.29, 0.717) is 6.04 Å². The lowest BCUT2D eigenvalue weighted by atomic mass is 10.3. The molecule has 80 valence electrons. The highest BCUT2D eigenvalue weighted by atomic mass is 32.2. The molecule has 0 aliphatic carbocycles. The number of rotatable bonds is 7. The summed E-state index contributed by atoms with van der Waals surface area (Å²) in [5.41, 5.74) is 0. The van der Waals surface area contributed by atoms with Crippen molar-refractivity contribution < 1.29 is 8.95 Å². The Hall–Kier alpha value is 0.0700. The molecule has 0 amide bonds. The van der Waals surface area contributed by atoms with E-state index in [2.05, 4.69) is 12.2 Å². The van der Waals surface area contributed by atoms with Gasteiger partial charge < -0.3 is 10.1 Å². The SMILES string of the molecule is CCOCC(C)NCC(C)S(C)=O. The van der Waals surface area contributed by atoms with E-state index in [-0.39, 0.29) is 5.25 Å². The quantitative estimate of drug-likeness (QED) is 0.670. The zero-order chi connectivity index (χ0) is 10.3. The fourth-order valence-corrected chi connectivity index (χ4v) is 1.17. The zero-order valence-electron chi connectivity index (χ0n) is 9.00. The summed E-state index contributed by atoms with van der Waals surface area (Å²) in [6.45, 7) is 8.30. The molecule has 0 saturated heterocycles. The minimum absolute atomic E-state index is 0.212. The highest BCUT2D eigenvalue weighted by Gasteiger charge is 2.07. The molecule has 0 fully saturated rings. The second-order valence-corrected chi connectivity index (χ2v) is 5.08. The van der Waals surface area contributed by atoms with Crippen LogP contribution in [-0.2, 0) is 15.5 Å². The molecule has 0 aromatic heterocycles. The molecule has 0 spiro atoms. The second-order valence-electron chi connectivity index (χ2n) is 3.28. The van der Waals surface area contributed by atoms with Crippen LogP contribution in [0.25, 0.3) is 0 Å². The van der Waals surface area contributed by atoms with Crippen LogP contribution in [-0.4, -0.2) is 41.5 Å². The fourth-order valence-electron chi connectivity index (χ4n) is 0.838. The first-order valence-corrected chi connectivity index (χ1v) is 6.33. The molecular weight excluding hydrogens is 186 g/mol. The van der Waals surface area contributed by atoms with Gasteiger partial charge in [0.2, 0.25) is 0 Å². The predicted molar refractivity (Wildman–Crippen MR) is 57.5 cm³/mol. The van der Waals surface area contributed by atoms with Crippen molar-refractivity contribution in [3.8, 4) is 0 Å². The molecule has 3 unspecified atom stereocenters. The van der Waals surface area contributed by atoms with Gasteiger partial charge in [-0.2, -0.15) is 0 Å². The molecule has 0 aromatic rings. The van der Waals surface area contributed by atoms with Crippen molar-refractivity contribution in [3.05, 3.63) is 0 Å². The maximum Gasteiger partial charge on any atom is 0.0616 e. The monoisotopic (exact) mass is 207 g/mol.